The maximum Gasteiger partial charge on any atom is 0.262 e. The Balaban J connectivity index is 2.37. The van der Waals surface area contributed by atoms with Gasteiger partial charge in [-0.3, -0.25) is 0 Å². The van der Waals surface area contributed by atoms with Crippen LogP contribution in [0.3, 0.4) is 0 Å². The van der Waals surface area contributed by atoms with E-state index in [4.69, 9.17) is 26.3 Å². The van der Waals surface area contributed by atoms with Crippen molar-refractivity contribution >= 4 is 11.6 Å². The minimum atomic E-state index is -0.558. The van der Waals surface area contributed by atoms with Crippen LogP contribution in [0.15, 0.2) is 21.3 Å². The third kappa shape index (κ3) is 2.08. The summed E-state index contributed by atoms with van der Waals surface area (Å²) in [5, 5.41) is 4.15. The number of hydrogen-bond acceptors (Lipinski definition) is 5. The lowest BCUT2D eigenvalue weighted by molar-refractivity contribution is 0.350. The van der Waals surface area contributed by atoms with Gasteiger partial charge in [-0.1, -0.05) is 19.0 Å². The molecule has 0 radical (unpaired) electrons. The Morgan fingerprint density at radius 1 is 1.41 bits per heavy atom. The van der Waals surface area contributed by atoms with E-state index < -0.39 is 5.54 Å². The molecule has 92 valence electrons. The van der Waals surface area contributed by atoms with E-state index in [0.29, 0.717) is 17.3 Å². The highest BCUT2D eigenvalue weighted by atomic mass is 35.5. The van der Waals surface area contributed by atoms with Gasteiger partial charge in [0.1, 0.15) is 0 Å². The Bertz CT molecular complexity index is 502. The fourth-order valence-corrected chi connectivity index (χ4v) is 1.74. The van der Waals surface area contributed by atoms with Crippen molar-refractivity contribution in [2.24, 2.45) is 5.73 Å². The molecule has 0 bridgehead atoms. The summed E-state index contributed by atoms with van der Waals surface area (Å²) < 4.78 is 10.1. The lowest BCUT2D eigenvalue weighted by Gasteiger charge is -2.21. The fourth-order valence-electron chi connectivity index (χ4n) is 1.55. The summed E-state index contributed by atoms with van der Waals surface area (Å²) >= 11 is 5.84. The highest BCUT2D eigenvalue weighted by molar-refractivity contribution is 6.31. The van der Waals surface area contributed by atoms with Gasteiger partial charge in [-0.2, -0.15) is 4.98 Å². The van der Waals surface area contributed by atoms with E-state index in [-0.39, 0.29) is 5.22 Å². The first-order valence-corrected chi connectivity index (χ1v) is 5.85. The Morgan fingerprint density at radius 3 is 2.65 bits per heavy atom. The van der Waals surface area contributed by atoms with Crippen molar-refractivity contribution in [3.63, 3.8) is 0 Å². The molecule has 0 saturated carbocycles. The molecule has 0 aromatic carbocycles. The Morgan fingerprint density at radius 2 is 2.12 bits per heavy atom. The monoisotopic (exact) mass is 255 g/mol. The van der Waals surface area contributed by atoms with Gasteiger partial charge in [0.05, 0.1) is 17.4 Å². The van der Waals surface area contributed by atoms with Crippen LogP contribution in [0.4, 0.5) is 0 Å². The summed E-state index contributed by atoms with van der Waals surface area (Å²) in [6, 6.07) is 1.68. The number of furan rings is 1. The second-order valence-electron chi connectivity index (χ2n) is 3.89. The number of nitrogens with two attached hydrogens (primary N) is 1. The SMILES string of the molecule is CCC(N)(CC)c1noc(-c2ccoc2Cl)n1. The minimum absolute atomic E-state index is 0.232. The van der Waals surface area contributed by atoms with E-state index in [1.807, 2.05) is 13.8 Å². The molecule has 2 N–H and O–H groups in total. The molecule has 0 aliphatic heterocycles. The molecule has 0 aliphatic carbocycles. The van der Waals surface area contributed by atoms with Crippen LogP contribution in [0.1, 0.15) is 32.5 Å². The second kappa shape index (κ2) is 4.50. The van der Waals surface area contributed by atoms with Crippen molar-refractivity contribution < 1.29 is 8.94 Å². The van der Waals surface area contributed by atoms with Crippen molar-refractivity contribution in [2.75, 3.05) is 0 Å². The van der Waals surface area contributed by atoms with Crippen LogP contribution in [0.2, 0.25) is 5.22 Å². The van der Waals surface area contributed by atoms with Gasteiger partial charge in [0.2, 0.25) is 5.22 Å². The molecule has 0 fully saturated rings. The normalized spacial score (nSPS) is 12.0. The molecule has 5 nitrogen and oxygen atoms in total. The molecule has 17 heavy (non-hydrogen) atoms. The van der Waals surface area contributed by atoms with Crippen LogP contribution in [0, 0.1) is 0 Å². The van der Waals surface area contributed by atoms with E-state index in [2.05, 4.69) is 10.1 Å². The van der Waals surface area contributed by atoms with Crippen LogP contribution in [0.5, 0.6) is 0 Å². The van der Waals surface area contributed by atoms with E-state index in [1.54, 1.807) is 6.07 Å². The number of hydrogen-bond donors (Lipinski definition) is 1. The number of rotatable bonds is 4. The lowest BCUT2D eigenvalue weighted by Crippen LogP contribution is -2.36. The van der Waals surface area contributed by atoms with Crippen molar-refractivity contribution in [2.45, 2.75) is 32.2 Å². The molecule has 0 atom stereocenters. The zero-order valence-electron chi connectivity index (χ0n) is 9.74. The quantitative estimate of drug-likeness (QED) is 0.909. The van der Waals surface area contributed by atoms with Crippen LogP contribution < -0.4 is 5.73 Å². The minimum Gasteiger partial charge on any atom is -0.452 e. The van der Waals surface area contributed by atoms with Gasteiger partial charge in [0, 0.05) is 0 Å². The van der Waals surface area contributed by atoms with Crippen molar-refractivity contribution in [3.05, 3.63) is 23.4 Å². The average Bonchev–Trinajstić information content (AvgIpc) is 2.96. The maximum absolute atomic E-state index is 6.18. The number of nitrogens with zero attached hydrogens (tertiary/aromatic N) is 2. The number of halogens is 1. The summed E-state index contributed by atoms with van der Waals surface area (Å²) in [6.45, 7) is 3.98. The van der Waals surface area contributed by atoms with Crippen LogP contribution >= 0.6 is 11.6 Å². The molecule has 0 spiro atoms. The largest absolute Gasteiger partial charge is 0.452 e. The molecule has 2 aromatic heterocycles. The molecule has 0 unspecified atom stereocenters. The molecule has 2 aromatic rings. The summed E-state index contributed by atoms with van der Waals surface area (Å²) in [4.78, 5) is 4.28. The first-order valence-electron chi connectivity index (χ1n) is 5.47. The first kappa shape index (κ1) is 12.1. The first-order chi connectivity index (χ1) is 8.10. The summed E-state index contributed by atoms with van der Waals surface area (Å²) in [5.74, 6) is 0.824. The molecule has 6 heteroatoms. The zero-order chi connectivity index (χ0) is 12.5. The fraction of sp³-hybridized carbons (Fsp3) is 0.455. The smallest absolute Gasteiger partial charge is 0.262 e. The van der Waals surface area contributed by atoms with Gasteiger partial charge in [-0.25, -0.2) is 0 Å². The van der Waals surface area contributed by atoms with Gasteiger partial charge in [-0.15, -0.1) is 0 Å². The van der Waals surface area contributed by atoms with Crippen molar-refractivity contribution in [1.82, 2.24) is 10.1 Å². The molecule has 2 heterocycles. The van der Waals surface area contributed by atoms with E-state index >= 15 is 0 Å². The van der Waals surface area contributed by atoms with Gasteiger partial charge < -0.3 is 14.7 Å². The van der Waals surface area contributed by atoms with Crippen molar-refractivity contribution in [3.8, 4) is 11.5 Å². The molecular formula is C11H14ClN3O2. The van der Waals surface area contributed by atoms with Gasteiger partial charge >= 0.3 is 0 Å². The Kier molecular flexibility index (Phi) is 3.22. The third-order valence-corrected chi connectivity index (χ3v) is 3.27. The molecular weight excluding hydrogens is 242 g/mol. The third-order valence-electron chi connectivity index (χ3n) is 2.98. The molecule has 2 rings (SSSR count). The van der Waals surface area contributed by atoms with Gasteiger partial charge in [0.25, 0.3) is 5.89 Å². The van der Waals surface area contributed by atoms with E-state index in [1.165, 1.54) is 6.26 Å². The van der Waals surface area contributed by atoms with E-state index in [9.17, 15) is 0 Å². The number of aromatic nitrogens is 2. The Labute approximate surface area is 104 Å². The second-order valence-corrected chi connectivity index (χ2v) is 4.24. The maximum atomic E-state index is 6.18. The van der Waals surface area contributed by atoms with Crippen LogP contribution in [-0.4, -0.2) is 10.1 Å². The van der Waals surface area contributed by atoms with E-state index in [0.717, 1.165) is 12.8 Å². The molecule has 0 saturated heterocycles. The highest BCUT2D eigenvalue weighted by Crippen LogP contribution is 2.30. The average molecular weight is 256 g/mol. The van der Waals surface area contributed by atoms with Crippen molar-refractivity contribution in [1.29, 1.82) is 0 Å². The molecule has 0 amide bonds. The standard InChI is InChI=1S/C11H14ClN3O2/c1-3-11(13,4-2)10-14-9(17-15-10)7-5-6-16-8(7)12/h5-6H,3-4,13H2,1-2H3. The predicted molar refractivity (Wildman–Crippen MR) is 63.5 cm³/mol. The van der Waals surface area contributed by atoms with Crippen LogP contribution in [-0.2, 0) is 5.54 Å². The Hall–Kier alpha value is -1.33. The zero-order valence-corrected chi connectivity index (χ0v) is 10.5. The summed E-state index contributed by atoms with van der Waals surface area (Å²) in [7, 11) is 0. The lowest BCUT2D eigenvalue weighted by atomic mass is 9.93. The highest BCUT2D eigenvalue weighted by Gasteiger charge is 2.29. The van der Waals surface area contributed by atoms with Gasteiger partial charge in [0.15, 0.2) is 5.82 Å². The van der Waals surface area contributed by atoms with Crippen LogP contribution in [0.25, 0.3) is 11.5 Å². The van der Waals surface area contributed by atoms with Gasteiger partial charge in [-0.05, 0) is 30.5 Å². The topological polar surface area (TPSA) is 78.1 Å². The molecule has 0 aliphatic rings. The summed E-state index contributed by atoms with van der Waals surface area (Å²) in [6.07, 6.45) is 2.94. The predicted octanol–water partition coefficient (Wildman–Crippen LogP) is 2.96. The summed E-state index contributed by atoms with van der Waals surface area (Å²) in [5.41, 5.74) is 6.21.